The number of nitrogens with zero attached hydrogens (tertiary/aromatic N) is 1. The van der Waals surface area contributed by atoms with Gasteiger partial charge in [-0.15, -0.1) is 11.8 Å². The number of amides is 2. The average Bonchev–Trinajstić information content (AvgIpc) is 2.46. The number of morpholine rings is 1. The number of hydrogen-bond donors (Lipinski definition) is 1. The first-order valence-electron chi connectivity index (χ1n) is 6.51. The predicted octanol–water partition coefficient (Wildman–Crippen LogP) is 1.60. The Bertz CT molecular complexity index is 470. The van der Waals surface area contributed by atoms with Gasteiger partial charge in [-0.1, -0.05) is 0 Å². The number of hydrogen-bond acceptors (Lipinski definition) is 4. The summed E-state index contributed by atoms with van der Waals surface area (Å²) < 4.78 is 5.22. The maximum Gasteiger partial charge on any atom is 0.233 e. The molecule has 1 aromatic rings. The van der Waals surface area contributed by atoms with Crippen LogP contribution >= 0.6 is 11.8 Å². The van der Waals surface area contributed by atoms with Crippen LogP contribution in [0.4, 0.5) is 5.69 Å². The van der Waals surface area contributed by atoms with Crippen molar-refractivity contribution in [2.24, 2.45) is 0 Å². The lowest BCUT2D eigenvalue weighted by Gasteiger charge is -2.26. The molecule has 0 unspecified atom stereocenters. The Labute approximate surface area is 122 Å². The van der Waals surface area contributed by atoms with E-state index in [2.05, 4.69) is 5.32 Å². The summed E-state index contributed by atoms with van der Waals surface area (Å²) >= 11 is 1.51. The molecule has 0 spiro atoms. The highest BCUT2D eigenvalue weighted by atomic mass is 32.2. The van der Waals surface area contributed by atoms with Gasteiger partial charge in [0.25, 0.3) is 0 Å². The third-order valence-corrected chi connectivity index (χ3v) is 3.90. The Balaban J connectivity index is 1.81. The van der Waals surface area contributed by atoms with Gasteiger partial charge < -0.3 is 15.0 Å². The van der Waals surface area contributed by atoms with E-state index < -0.39 is 0 Å². The van der Waals surface area contributed by atoms with Crippen molar-refractivity contribution in [2.75, 3.05) is 37.4 Å². The van der Waals surface area contributed by atoms with E-state index in [0.29, 0.717) is 32.1 Å². The fourth-order valence-corrected chi connectivity index (χ4v) is 2.69. The maximum absolute atomic E-state index is 12.0. The summed E-state index contributed by atoms with van der Waals surface area (Å²) in [4.78, 5) is 25.7. The van der Waals surface area contributed by atoms with E-state index >= 15 is 0 Å². The summed E-state index contributed by atoms with van der Waals surface area (Å²) in [6.45, 7) is 4.09. The lowest BCUT2D eigenvalue weighted by atomic mass is 10.3. The number of benzene rings is 1. The molecule has 2 amide bonds. The Morgan fingerprint density at radius 2 is 1.90 bits per heavy atom. The molecule has 0 aliphatic carbocycles. The SMILES string of the molecule is CC(=O)Nc1ccc(SCC(=O)N2CCOCC2)cc1. The molecule has 1 aliphatic rings. The van der Waals surface area contributed by atoms with E-state index in [1.807, 2.05) is 29.2 Å². The minimum Gasteiger partial charge on any atom is -0.378 e. The second-order valence-electron chi connectivity index (χ2n) is 4.49. The van der Waals surface area contributed by atoms with Crippen molar-refractivity contribution in [3.8, 4) is 0 Å². The summed E-state index contributed by atoms with van der Waals surface area (Å²) in [6.07, 6.45) is 0. The fraction of sp³-hybridized carbons (Fsp3) is 0.429. The molecule has 2 rings (SSSR count). The zero-order chi connectivity index (χ0) is 14.4. The number of anilines is 1. The second kappa shape index (κ2) is 7.31. The first-order chi connectivity index (χ1) is 9.65. The highest BCUT2D eigenvalue weighted by Crippen LogP contribution is 2.20. The van der Waals surface area contributed by atoms with Crippen LogP contribution in [-0.4, -0.2) is 48.8 Å². The van der Waals surface area contributed by atoms with Gasteiger partial charge in [0.05, 0.1) is 19.0 Å². The van der Waals surface area contributed by atoms with Crippen LogP contribution < -0.4 is 5.32 Å². The molecule has 0 bridgehead atoms. The quantitative estimate of drug-likeness (QED) is 0.857. The van der Waals surface area contributed by atoms with Gasteiger partial charge in [-0.3, -0.25) is 9.59 Å². The molecule has 20 heavy (non-hydrogen) atoms. The van der Waals surface area contributed by atoms with Crippen molar-refractivity contribution >= 4 is 29.3 Å². The molecule has 1 fully saturated rings. The van der Waals surface area contributed by atoms with Crippen molar-refractivity contribution in [2.45, 2.75) is 11.8 Å². The van der Waals surface area contributed by atoms with Crippen LogP contribution in [0.5, 0.6) is 0 Å². The molecule has 0 aromatic heterocycles. The predicted molar refractivity (Wildman–Crippen MR) is 78.9 cm³/mol. The molecule has 108 valence electrons. The van der Waals surface area contributed by atoms with E-state index in [9.17, 15) is 9.59 Å². The minimum absolute atomic E-state index is 0.0899. The molecular weight excluding hydrogens is 276 g/mol. The Hall–Kier alpha value is -1.53. The van der Waals surface area contributed by atoms with Crippen LogP contribution in [0.25, 0.3) is 0 Å². The topological polar surface area (TPSA) is 58.6 Å². The van der Waals surface area contributed by atoms with Crippen LogP contribution in [0.15, 0.2) is 29.2 Å². The highest BCUT2D eigenvalue weighted by Gasteiger charge is 2.16. The second-order valence-corrected chi connectivity index (χ2v) is 5.54. The van der Waals surface area contributed by atoms with Gasteiger partial charge in [0.15, 0.2) is 0 Å². The highest BCUT2D eigenvalue weighted by molar-refractivity contribution is 8.00. The fourth-order valence-electron chi connectivity index (χ4n) is 1.89. The van der Waals surface area contributed by atoms with Crippen LogP contribution in [0.2, 0.25) is 0 Å². The normalized spacial score (nSPS) is 14.9. The number of carbonyl (C=O) groups is 2. The number of ether oxygens (including phenoxy) is 1. The van der Waals surface area contributed by atoms with Gasteiger partial charge >= 0.3 is 0 Å². The summed E-state index contributed by atoms with van der Waals surface area (Å²) in [7, 11) is 0. The molecule has 0 atom stereocenters. The molecular formula is C14H18N2O3S. The molecule has 1 aliphatic heterocycles. The lowest BCUT2D eigenvalue weighted by molar-refractivity contribution is -0.132. The molecule has 0 radical (unpaired) electrons. The summed E-state index contributed by atoms with van der Waals surface area (Å²) in [6, 6.07) is 7.48. The smallest absolute Gasteiger partial charge is 0.233 e. The van der Waals surface area contributed by atoms with E-state index in [0.717, 1.165) is 10.6 Å². The first-order valence-corrected chi connectivity index (χ1v) is 7.49. The van der Waals surface area contributed by atoms with Gasteiger partial charge in [-0.2, -0.15) is 0 Å². The summed E-state index contributed by atoms with van der Waals surface area (Å²) in [5.41, 5.74) is 0.765. The first kappa shape index (κ1) is 14.9. The average molecular weight is 294 g/mol. The van der Waals surface area contributed by atoms with E-state index in [-0.39, 0.29) is 11.8 Å². The van der Waals surface area contributed by atoms with E-state index in [4.69, 9.17) is 4.74 Å². The Morgan fingerprint density at radius 3 is 2.50 bits per heavy atom. The van der Waals surface area contributed by atoms with Crippen LogP contribution in [-0.2, 0) is 14.3 Å². The van der Waals surface area contributed by atoms with Crippen LogP contribution in [0.1, 0.15) is 6.92 Å². The molecule has 1 heterocycles. The Morgan fingerprint density at radius 1 is 1.25 bits per heavy atom. The largest absolute Gasteiger partial charge is 0.378 e. The number of nitrogens with one attached hydrogen (secondary N) is 1. The monoisotopic (exact) mass is 294 g/mol. The third-order valence-electron chi connectivity index (χ3n) is 2.90. The van der Waals surface area contributed by atoms with Gasteiger partial charge in [0, 0.05) is 30.6 Å². The van der Waals surface area contributed by atoms with Gasteiger partial charge in [-0.25, -0.2) is 0 Å². The van der Waals surface area contributed by atoms with Gasteiger partial charge in [0.1, 0.15) is 0 Å². The maximum atomic E-state index is 12.0. The number of thioether (sulfide) groups is 1. The minimum atomic E-state index is -0.0899. The van der Waals surface area contributed by atoms with Crippen LogP contribution in [0, 0.1) is 0 Å². The molecule has 1 aromatic carbocycles. The lowest BCUT2D eigenvalue weighted by Crippen LogP contribution is -2.41. The van der Waals surface area contributed by atoms with Crippen LogP contribution in [0.3, 0.4) is 0 Å². The van der Waals surface area contributed by atoms with Crippen molar-refractivity contribution in [1.82, 2.24) is 4.90 Å². The molecule has 1 N–H and O–H groups in total. The zero-order valence-electron chi connectivity index (χ0n) is 11.4. The van der Waals surface area contributed by atoms with Crippen molar-refractivity contribution < 1.29 is 14.3 Å². The van der Waals surface area contributed by atoms with E-state index in [1.165, 1.54) is 18.7 Å². The summed E-state index contributed by atoms with van der Waals surface area (Å²) in [5, 5.41) is 2.71. The van der Waals surface area contributed by atoms with E-state index in [1.54, 1.807) is 0 Å². The van der Waals surface area contributed by atoms with Gasteiger partial charge in [-0.05, 0) is 24.3 Å². The zero-order valence-corrected chi connectivity index (χ0v) is 12.2. The molecule has 5 nitrogen and oxygen atoms in total. The third kappa shape index (κ3) is 4.54. The van der Waals surface area contributed by atoms with Gasteiger partial charge in [0.2, 0.25) is 11.8 Å². The standard InChI is InChI=1S/C14H18N2O3S/c1-11(17)15-12-2-4-13(5-3-12)20-10-14(18)16-6-8-19-9-7-16/h2-5H,6-10H2,1H3,(H,15,17). The molecule has 0 saturated carbocycles. The van der Waals surface area contributed by atoms with Crippen molar-refractivity contribution in [3.63, 3.8) is 0 Å². The summed E-state index contributed by atoms with van der Waals surface area (Å²) in [5.74, 6) is 0.483. The molecule has 1 saturated heterocycles. The number of rotatable bonds is 4. The number of carbonyl (C=O) groups excluding carboxylic acids is 2. The Kier molecular flexibility index (Phi) is 5.43. The van der Waals surface area contributed by atoms with Crippen molar-refractivity contribution in [3.05, 3.63) is 24.3 Å². The molecule has 6 heteroatoms. The van der Waals surface area contributed by atoms with Crippen molar-refractivity contribution in [1.29, 1.82) is 0 Å².